The van der Waals surface area contributed by atoms with Crippen LogP contribution in [0.25, 0.3) is 0 Å². The zero-order chi connectivity index (χ0) is 29.0. The van der Waals surface area contributed by atoms with E-state index in [1.54, 1.807) is 0 Å². The van der Waals surface area contributed by atoms with Crippen LogP contribution in [-0.4, -0.2) is 79.3 Å². The summed E-state index contributed by atoms with van der Waals surface area (Å²) in [5.41, 5.74) is 2.94. The van der Waals surface area contributed by atoms with Crippen molar-refractivity contribution < 1.29 is 33.2 Å². The van der Waals surface area contributed by atoms with Gasteiger partial charge in [0.15, 0.2) is 0 Å². The third-order valence-electron chi connectivity index (χ3n) is 9.88. The van der Waals surface area contributed by atoms with E-state index in [0.29, 0.717) is 25.0 Å². The van der Waals surface area contributed by atoms with E-state index in [9.17, 15) is 0 Å². The molecule has 1 aromatic rings. The molecule has 1 aromatic carbocycles. The summed E-state index contributed by atoms with van der Waals surface area (Å²) in [6.45, 7) is 20.8. The number of benzene rings is 1. The van der Waals surface area contributed by atoms with Gasteiger partial charge in [-0.15, -0.1) is 0 Å². The molecule has 4 aliphatic heterocycles. The van der Waals surface area contributed by atoms with Crippen molar-refractivity contribution in [1.29, 1.82) is 0 Å². The van der Waals surface area contributed by atoms with Gasteiger partial charge in [0.1, 0.15) is 0 Å². The van der Waals surface area contributed by atoms with Gasteiger partial charge < -0.3 is 33.2 Å². The standard InChI is InChI=1S/C20H30O4.C14H26O3/c1-3-19(13-23-14-19)11-21-9-17-5-7-18(8-6-17)10-22-12-20(4-2)15-24-16-20;1-3-11(13-7-16-8-13)5-15-6-12(4-2)14-9-17-10-14/h5-8H,3-4,9-16H2,1-2H3;11-14H,3-10H2,1-2H3. The first-order chi connectivity index (χ1) is 20.0. The van der Waals surface area contributed by atoms with Gasteiger partial charge in [-0.3, -0.25) is 0 Å². The zero-order valence-electron chi connectivity index (χ0n) is 26.2. The molecule has 0 aromatic heterocycles. The second-order valence-electron chi connectivity index (χ2n) is 13.0. The predicted molar refractivity (Wildman–Crippen MR) is 160 cm³/mol. The summed E-state index contributed by atoms with van der Waals surface area (Å²) in [6.07, 6.45) is 4.65. The first kappa shape index (κ1) is 32.8. The van der Waals surface area contributed by atoms with Crippen molar-refractivity contribution in [2.24, 2.45) is 34.5 Å². The molecule has 5 rings (SSSR count). The topological polar surface area (TPSA) is 64.6 Å². The minimum absolute atomic E-state index is 0.258. The minimum atomic E-state index is 0.258. The van der Waals surface area contributed by atoms with E-state index in [2.05, 4.69) is 52.0 Å². The largest absolute Gasteiger partial charge is 0.381 e. The number of hydrogen-bond donors (Lipinski definition) is 0. The second-order valence-corrected chi connectivity index (χ2v) is 13.0. The molecular formula is C34H56O7. The monoisotopic (exact) mass is 576 g/mol. The van der Waals surface area contributed by atoms with Crippen molar-refractivity contribution in [3.8, 4) is 0 Å². The quantitative estimate of drug-likeness (QED) is 0.215. The van der Waals surface area contributed by atoms with E-state index in [-0.39, 0.29) is 10.8 Å². The Bertz CT molecular complexity index is 763. The highest BCUT2D eigenvalue weighted by Crippen LogP contribution is 2.33. The zero-order valence-corrected chi connectivity index (χ0v) is 26.2. The van der Waals surface area contributed by atoms with Crippen LogP contribution in [0.15, 0.2) is 24.3 Å². The molecule has 0 amide bonds. The van der Waals surface area contributed by atoms with E-state index >= 15 is 0 Å². The third kappa shape index (κ3) is 9.46. The normalized spacial score (nSPS) is 22.7. The maximum Gasteiger partial charge on any atom is 0.0717 e. The minimum Gasteiger partial charge on any atom is -0.381 e. The molecule has 234 valence electrons. The van der Waals surface area contributed by atoms with E-state index < -0.39 is 0 Å². The Morgan fingerprint density at radius 3 is 1.24 bits per heavy atom. The van der Waals surface area contributed by atoms with Crippen LogP contribution in [0.3, 0.4) is 0 Å². The molecule has 4 saturated heterocycles. The van der Waals surface area contributed by atoms with Crippen LogP contribution in [0.2, 0.25) is 0 Å². The number of rotatable bonds is 18. The molecule has 0 N–H and O–H groups in total. The highest BCUT2D eigenvalue weighted by molar-refractivity contribution is 5.21. The Labute approximate surface area is 248 Å². The molecule has 7 nitrogen and oxygen atoms in total. The van der Waals surface area contributed by atoms with Gasteiger partial charge in [0.2, 0.25) is 0 Å². The average Bonchev–Trinajstić information content (AvgIpc) is 2.89. The molecular weight excluding hydrogens is 520 g/mol. The predicted octanol–water partition coefficient (Wildman–Crippen LogP) is 5.92. The summed E-state index contributed by atoms with van der Waals surface area (Å²) in [6, 6.07) is 8.54. The summed E-state index contributed by atoms with van der Waals surface area (Å²) in [5, 5.41) is 0. The van der Waals surface area contributed by atoms with Crippen molar-refractivity contribution in [3.05, 3.63) is 35.4 Å². The first-order valence-electron chi connectivity index (χ1n) is 16.2. The Kier molecular flexibility index (Phi) is 13.4. The summed E-state index contributed by atoms with van der Waals surface area (Å²) >= 11 is 0. The maximum atomic E-state index is 5.94. The summed E-state index contributed by atoms with van der Waals surface area (Å²) < 4.78 is 38.9. The molecule has 0 radical (unpaired) electrons. The summed E-state index contributed by atoms with van der Waals surface area (Å²) in [4.78, 5) is 0. The van der Waals surface area contributed by atoms with E-state index in [1.165, 1.54) is 24.0 Å². The van der Waals surface area contributed by atoms with Gasteiger partial charge >= 0.3 is 0 Å². The number of ether oxygens (including phenoxy) is 7. The molecule has 4 heterocycles. The Morgan fingerprint density at radius 1 is 0.610 bits per heavy atom. The van der Waals surface area contributed by atoms with Gasteiger partial charge in [-0.2, -0.15) is 0 Å². The molecule has 7 heteroatoms. The smallest absolute Gasteiger partial charge is 0.0717 e. The molecule has 0 spiro atoms. The molecule has 2 atom stereocenters. The highest BCUT2D eigenvalue weighted by atomic mass is 16.5. The van der Waals surface area contributed by atoms with Crippen molar-refractivity contribution in [1.82, 2.24) is 0 Å². The average molecular weight is 577 g/mol. The van der Waals surface area contributed by atoms with Gasteiger partial charge in [0.05, 0.1) is 79.3 Å². The van der Waals surface area contributed by atoms with Crippen LogP contribution in [0.1, 0.15) is 64.5 Å². The highest BCUT2D eigenvalue weighted by Gasteiger charge is 2.38. The Morgan fingerprint density at radius 2 is 1.00 bits per heavy atom. The van der Waals surface area contributed by atoms with Crippen molar-refractivity contribution in [2.45, 2.75) is 66.6 Å². The van der Waals surface area contributed by atoms with Crippen LogP contribution < -0.4 is 0 Å². The van der Waals surface area contributed by atoms with Crippen LogP contribution in [-0.2, 0) is 46.4 Å². The van der Waals surface area contributed by atoms with Gasteiger partial charge in [0, 0.05) is 35.9 Å². The van der Waals surface area contributed by atoms with Gasteiger partial charge in [-0.05, 0) is 35.8 Å². The van der Waals surface area contributed by atoms with Crippen LogP contribution >= 0.6 is 0 Å². The molecule has 2 unspecified atom stereocenters. The molecule has 4 aliphatic rings. The third-order valence-corrected chi connectivity index (χ3v) is 9.88. The van der Waals surface area contributed by atoms with Gasteiger partial charge in [0.25, 0.3) is 0 Å². The lowest BCUT2D eigenvalue weighted by Gasteiger charge is -2.40. The molecule has 4 fully saturated rings. The van der Waals surface area contributed by atoms with Crippen molar-refractivity contribution >= 4 is 0 Å². The van der Waals surface area contributed by atoms with E-state index in [0.717, 1.165) is 104 Å². The molecule has 41 heavy (non-hydrogen) atoms. The van der Waals surface area contributed by atoms with Gasteiger partial charge in [-0.1, -0.05) is 64.8 Å². The van der Waals surface area contributed by atoms with Crippen LogP contribution in [0.5, 0.6) is 0 Å². The lowest BCUT2D eigenvalue weighted by atomic mass is 9.84. The van der Waals surface area contributed by atoms with Crippen LogP contribution in [0.4, 0.5) is 0 Å². The van der Waals surface area contributed by atoms with E-state index in [4.69, 9.17) is 33.2 Å². The Hall–Kier alpha value is -1.06. The Balaban J connectivity index is 0.000000201. The number of hydrogen-bond acceptors (Lipinski definition) is 7. The van der Waals surface area contributed by atoms with Crippen molar-refractivity contribution in [2.75, 3.05) is 79.3 Å². The lowest BCUT2D eigenvalue weighted by Crippen LogP contribution is -2.45. The molecule has 0 bridgehead atoms. The van der Waals surface area contributed by atoms with Crippen molar-refractivity contribution in [3.63, 3.8) is 0 Å². The van der Waals surface area contributed by atoms with Crippen LogP contribution in [0, 0.1) is 34.5 Å². The fraction of sp³-hybridized carbons (Fsp3) is 0.824. The second kappa shape index (κ2) is 16.7. The van der Waals surface area contributed by atoms with E-state index in [1.807, 2.05) is 0 Å². The molecule has 0 saturated carbocycles. The fourth-order valence-corrected chi connectivity index (χ4v) is 5.66. The maximum absolute atomic E-state index is 5.94. The summed E-state index contributed by atoms with van der Waals surface area (Å²) in [7, 11) is 0. The van der Waals surface area contributed by atoms with Gasteiger partial charge in [-0.25, -0.2) is 0 Å². The SMILES string of the molecule is CCC(COCC(CC)C1COC1)C1COC1.CCC1(COCc2ccc(COCC3(CC)COC3)cc2)COC1. The lowest BCUT2D eigenvalue weighted by molar-refractivity contribution is -0.152. The first-order valence-corrected chi connectivity index (χ1v) is 16.2. The fourth-order valence-electron chi connectivity index (χ4n) is 5.66. The summed E-state index contributed by atoms with van der Waals surface area (Å²) in [5.74, 6) is 2.87. The molecule has 0 aliphatic carbocycles.